The highest BCUT2D eigenvalue weighted by molar-refractivity contribution is 6.06. The summed E-state index contributed by atoms with van der Waals surface area (Å²) in [4.78, 5) is 12.3. The fraction of sp³-hybridized carbons (Fsp3) is 0.105. The van der Waals surface area contributed by atoms with Crippen LogP contribution in [0.2, 0.25) is 0 Å². The molecule has 0 saturated heterocycles. The number of nitrogens with one attached hydrogen (secondary N) is 2. The van der Waals surface area contributed by atoms with Gasteiger partial charge in [-0.25, -0.2) is 4.79 Å². The Bertz CT molecular complexity index is 867. The van der Waals surface area contributed by atoms with Gasteiger partial charge in [-0.15, -0.1) is 0 Å². The minimum Gasteiger partial charge on any atom is -0.508 e. The molecule has 0 spiro atoms. The van der Waals surface area contributed by atoms with Gasteiger partial charge in [-0.3, -0.25) is 0 Å². The Morgan fingerprint density at radius 3 is 2.35 bits per heavy atom. The van der Waals surface area contributed by atoms with E-state index in [2.05, 4.69) is 10.6 Å². The summed E-state index contributed by atoms with van der Waals surface area (Å²) in [5, 5.41) is 17.2. The maximum absolute atomic E-state index is 12.3. The summed E-state index contributed by atoms with van der Waals surface area (Å²) in [6.45, 7) is 3.91. The number of aryl methyl sites for hydroxylation is 2. The number of carbonyl (C=O) groups is 1. The number of carbonyl (C=O) groups excluding carboxylic acids is 1. The van der Waals surface area contributed by atoms with E-state index < -0.39 is 0 Å². The van der Waals surface area contributed by atoms with E-state index in [9.17, 15) is 9.90 Å². The van der Waals surface area contributed by atoms with E-state index in [0.29, 0.717) is 5.69 Å². The zero-order chi connectivity index (χ0) is 16.4. The van der Waals surface area contributed by atoms with Crippen molar-refractivity contribution in [2.45, 2.75) is 13.8 Å². The Balaban J connectivity index is 1.87. The molecular weight excluding hydrogens is 288 g/mol. The SMILES string of the molecule is Cc1cccc(C)c1NC(=O)Nc1cccc2ccc(O)cc12. The lowest BCUT2D eigenvalue weighted by molar-refractivity contribution is 0.262. The Kier molecular flexibility index (Phi) is 3.89. The number of phenolic OH excluding ortho intramolecular Hbond substituents is 1. The maximum atomic E-state index is 12.3. The Hall–Kier alpha value is -3.01. The summed E-state index contributed by atoms with van der Waals surface area (Å²) in [6, 6.07) is 16.3. The lowest BCUT2D eigenvalue weighted by Gasteiger charge is -2.13. The molecule has 3 N–H and O–H groups in total. The van der Waals surface area contributed by atoms with Crippen LogP contribution in [-0.4, -0.2) is 11.1 Å². The van der Waals surface area contributed by atoms with Gasteiger partial charge in [0.2, 0.25) is 0 Å². The average Bonchev–Trinajstić information content (AvgIpc) is 2.52. The van der Waals surface area contributed by atoms with Crippen LogP contribution in [0.15, 0.2) is 54.6 Å². The molecule has 0 atom stereocenters. The molecule has 0 fully saturated rings. The van der Waals surface area contributed by atoms with Gasteiger partial charge in [-0.1, -0.05) is 36.4 Å². The average molecular weight is 306 g/mol. The van der Waals surface area contributed by atoms with E-state index in [0.717, 1.165) is 27.6 Å². The number of amides is 2. The van der Waals surface area contributed by atoms with Gasteiger partial charge in [0.25, 0.3) is 0 Å². The van der Waals surface area contributed by atoms with Crippen LogP contribution >= 0.6 is 0 Å². The highest BCUT2D eigenvalue weighted by Gasteiger charge is 2.09. The third kappa shape index (κ3) is 3.11. The molecule has 4 heteroatoms. The van der Waals surface area contributed by atoms with Gasteiger partial charge in [0, 0.05) is 11.1 Å². The lowest BCUT2D eigenvalue weighted by Crippen LogP contribution is -2.20. The molecule has 0 unspecified atom stereocenters. The van der Waals surface area contributed by atoms with Crippen molar-refractivity contribution < 1.29 is 9.90 Å². The van der Waals surface area contributed by atoms with E-state index in [-0.39, 0.29) is 11.8 Å². The minimum absolute atomic E-state index is 0.168. The topological polar surface area (TPSA) is 61.4 Å². The van der Waals surface area contributed by atoms with Crippen LogP contribution in [0.4, 0.5) is 16.2 Å². The highest BCUT2D eigenvalue weighted by atomic mass is 16.3. The number of para-hydroxylation sites is 1. The van der Waals surface area contributed by atoms with Crippen molar-refractivity contribution in [1.29, 1.82) is 0 Å². The van der Waals surface area contributed by atoms with Crippen molar-refractivity contribution in [3.8, 4) is 5.75 Å². The predicted octanol–water partition coefficient (Wildman–Crippen LogP) is 4.81. The first-order valence-electron chi connectivity index (χ1n) is 7.40. The van der Waals surface area contributed by atoms with Crippen LogP contribution in [0.25, 0.3) is 10.8 Å². The van der Waals surface area contributed by atoms with E-state index in [1.165, 1.54) is 0 Å². The van der Waals surface area contributed by atoms with Gasteiger partial charge in [-0.05, 0) is 48.6 Å². The molecule has 2 amide bonds. The smallest absolute Gasteiger partial charge is 0.323 e. The van der Waals surface area contributed by atoms with Crippen LogP contribution < -0.4 is 10.6 Å². The second-order valence-corrected chi connectivity index (χ2v) is 5.56. The molecule has 0 aromatic heterocycles. The predicted molar refractivity (Wildman–Crippen MR) is 94.2 cm³/mol. The molecule has 116 valence electrons. The number of hydrogen-bond donors (Lipinski definition) is 3. The van der Waals surface area contributed by atoms with E-state index in [1.807, 2.05) is 56.3 Å². The van der Waals surface area contributed by atoms with Crippen molar-refractivity contribution in [3.05, 3.63) is 65.7 Å². The molecule has 0 saturated carbocycles. The van der Waals surface area contributed by atoms with Gasteiger partial charge >= 0.3 is 6.03 Å². The summed E-state index contributed by atoms with van der Waals surface area (Å²) in [7, 11) is 0. The first kappa shape index (κ1) is 14.9. The standard InChI is InChI=1S/C19H18N2O2/c1-12-5-3-6-13(2)18(12)21-19(23)20-17-8-4-7-14-9-10-15(22)11-16(14)17/h3-11,22H,1-2H3,(H2,20,21,23). The molecule has 3 rings (SSSR count). The quantitative estimate of drug-likeness (QED) is 0.636. The zero-order valence-corrected chi connectivity index (χ0v) is 13.1. The largest absolute Gasteiger partial charge is 0.508 e. The highest BCUT2D eigenvalue weighted by Crippen LogP contribution is 2.27. The number of hydrogen-bond acceptors (Lipinski definition) is 2. The van der Waals surface area contributed by atoms with Crippen LogP contribution in [0, 0.1) is 13.8 Å². The molecule has 0 aliphatic rings. The van der Waals surface area contributed by atoms with Gasteiger partial charge < -0.3 is 15.7 Å². The second kappa shape index (κ2) is 6.01. The normalized spacial score (nSPS) is 10.5. The fourth-order valence-corrected chi connectivity index (χ4v) is 2.65. The van der Waals surface area contributed by atoms with E-state index >= 15 is 0 Å². The molecule has 23 heavy (non-hydrogen) atoms. The monoisotopic (exact) mass is 306 g/mol. The third-order valence-electron chi connectivity index (χ3n) is 3.83. The molecule has 0 aliphatic carbocycles. The lowest BCUT2D eigenvalue weighted by atomic mass is 10.1. The minimum atomic E-state index is -0.307. The molecule has 0 bridgehead atoms. The first-order valence-corrected chi connectivity index (χ1v) is 7.40. The van der Waals surface area contributed by atoms with Crippen molar-refractivity contribution >= 4 is 28.2 Å². The van der Waals surface area contributed by atoms with Crippen LogP contribution in [0.5, 0.6) is 5.75 Å². The number of aromatic hydroxyl groups is 1. The fourth-order valence-electron chi connectivity index (χ4n) is 2.65. The summed E-state index contributed by atoms with van der Waals surface area (Å²) in [5.41, 5.74) is 3.49. The van der Waals surface area contributed by atoms with Crippen LogP contribution in [0.1, 0.15) is 11.1 Å². The maximum Gasteiger partial charge on any atom is 0.323 e. The van der Waals surface area contributed by atoms with Crippen LogP contribution in [-0.2, 0) is 0 Å². The van der Waals surface area contributed by atoms with Crippen molar-refractivity contribution in [2.24, 2.45) is 0 Å². The van der Waals surface area contributed by atoms with E-state index in [1.54, 1.807) is 12.1 Å². The van der Waals surface area contributed by atoms with Crippen LogP contribution in [0.3, 0.4) is 0 Å². The Morgan fingerprint density at radius 1 is 0.913 bits per heavy atom. The summed E-state index contributed by atoms with van der Waals surface area (Å²) >= 11 is 0. The second-order valence-electron chi connectivity index (χ2n) is 5.56. The Labute approximate surface area is 134 Å². The molecule has 4 nitrogen and oxygen atoms in total. The third-order valence-corrected chi connectivity index (χ3v) is 3.83. The van der Waals surface area contributed by atoms with Crippen molar-refractivity contribution in [3.63, 3.8) is 0 Å². The van der Waals surface area contributed by atoms with Gasteiger partial charge in [0.1, 0.15) is 5.75 Å². The van der Waals surface area contributed by atoms with Gasteiger partial charge in [-0.2, -0.15) is 0 Å². The number of benzene rings is 3. The molecule has 3 aromatic carbocycles. The molecule has 0 heterocycles. The molecular formula is C19H18N2O2. The first-order chi connectivity index (χ1) is 11.0. The van der Waals surface area contributed by atoms with Gasteiger partial charge in [0.05, 0.1) is 5.69 Å². The van der Waals surface area contributed by atoms with E-state index in [4.69, 9.17) is 0 Å². The zero-order valence-electron chi connectivity index (χ0n) is 13.1. The number of urea groups is 1. The number of phenols is 1. The summed E-state index contributed by atoms with van der Waals surface area (Å²) in [5.74, 6) is 0.168. The molecule has 0 radical (unpaired) electrons. The number of rotatable bonds is 2. The Morgan fingerprint density at radius 2 is 1.61 bits per heavy atom. The summed E-state index contributed by atoms with van der Waals surface area (Å²) in [6.07, 6.45) is 0. The molecule has 3 aromatic rings. The number of fused-ring (bicyclic) bond motifs is 1. The van der Waals surface area contributed by atoms with Crippen molar-refractivity contribution in [1.82, 2.24) is 0 Å². The van der Waals surface area contributed by atoms with Gasteiger partial charge in [0.15, 0.2) is 0 Å². The number of anilines is 2. The summed E-state index contributed by atoms with van der Waals surface area (Å²) < 4.78 is 0. The molecule has 0 aliphatic heterocycles. The van der Waals surface area contributed by atoms with Crippen molar-refractivity contribution in [2.75, 3.05) is 10.6 Å².